The van der Waals surface area contributed by atoms with Crippen LogP contribution in [0.3, 0.4) is 0 Å². The summed E-state index contributed by atoms with van der Waals surface area (Å²) in [5.41, 5.74) is 0.909. The molecule has 0 aliphatic heterocycles. The van der Waals surface area contributed by atoms with Gasteiger partial charge in [-0.2, -0.15) is 5.26 Å². The Morgan fingerprint density at radius 2 is 1.82 bits per heavy atom. The van der Waals surface area contributed by atoms with Crippen molar-refractivity contribution in [1.82, 2.24) is 0 Å². The van der Waals surface area contributed by atoms with E-state index in [4.69, 9.17) is 10.00 Å². The van der Waals surface area contributed by atoms with Crippen molar-refractivity contribution >= 4 is 0 Å². The number of ether oxygens (including phenoxy) is 1. The van der Waals surface area contributed by atoms with E-state index in [9.17, 15) is 0 Å². The minimum Gasteiger partial charge on any atom is -0.487 e. The number of nitrogens with zero attached hydrogens (tertiary/aromatic N) is 1. The maximum Gasteiger partial charge on any atom is 0.120 e. The third kappa shape index (κ3) is 4.11. The Balaban J connectivity index is 2.91. The number of hydrogen-bond donors (Lipinski definition) is 0. The molecule has 0 aliphatic carbocycles. The van der Waals surface area contributed by atoms with Crippen molar-refractivity contribution in [2.45, 2.75) is 52.1 Å². The van der Waals surface area contributed by atoms with Crippen LogP contribution in [-0.2, 0) is 5.41 Å². The van der Waals surface area contributed by atoms with Gasteiger partial charge >= 0.3 is 0 Å². The van der Waals surface area contributed by atoms with Crippen molar-refractivity contribution in [3.8, 4) is 11.8 Å². The average Bonchev–Trinajstić information content (AvgIpc) is 2.15. The molecule has 0 radical (unpaired) electrons. The van der Waals surface area contributed by atoms with Crippen LogP contribution in [-0.4, -0.2) is 5.60 Å². The lowest BCUT2D eigenvalue weighted by Crippen LogP contribution is -2.27. The van der Waals surface area contributed by atoms with Gasteiger partial charge in [-0.15, -0.1) is 0 Å². The second kappa shape index (κ2) is 4.79. The molecule has 1 aromatic rings. The third-order valence-electron chi connectivity index (χ3n) is 2.60. The molecule has 0 N–H and O–H groups in total. The van der Waals surface area contributed by atoms with Gasteiger partial charge in [-0.05, 0) is 37.0 Å². The van der Waals surface area contributed by atoms with Crippen LogP contribution in [0.5, 0.6) is 5.75 Å². The van der Waals surface area contributed by atoms with Crippen LogP contribution < -0.4 is 4.74 Å². The highest BCUT2D eigenvalue weighted by Gasteiger charge is 2.20. The average molecular weight is 231 g/mol. The predicted molar refractivity (Wildman–Crippen MR) is 70.1 cm³/mol. The summed E-state index contributed by atoms with van der Waals surface area (Å²) in [6.07, 6.45) is 0.382. The molecule has 2 heteroatoms. The molecule has 0 heterocycles. The first-order valence-corrected chi connectivity index (χ1v) is 5.91. The van der Waals surface area contributed by atoms with Gasteiger partial charge in [-0.3, -0.25) is 0 Å². The number of nitriles is 1. The topological polar surface area (TPSA) is 33.0 Å². The summed E-state index contributed by atoms with van der Waals surface area (Å²) in [5, 5.41) is 8.73. The standard InChI is InChI=1S/C15H21NO/c1-14(2,3)12-7-6-8-13(11-12)17-15(4,5)9-10-16/h6-8,11H,9H2,1-5H3. The molecule has 0 aliphatic rings. The Kier molecular flexibility index (Phi) is 3.83. The lowest BCUT2D eigenvalue weighted by molar-refractivity contribution is 0.114. The fraction of sp³-hybridized carbons (Fsp3) is 0.533. The predicted octanol–water partition coefficient (Wildman–Crippen LogP) is 4.06. The van der Waals surface area contributed by atoms with E-state index in [1.165, 1.54) is 5.56 Å². The van der Waals surface area contributed by atoms with Crippen molar-refractivity contribution in [2.75, 3.05) is 0 Å². The number of hydrogen-bond acceptors (Lipinski definition) is 2. The fourth-order valence-electron chi connectivity index (χ4n) is 1.57. The monoisotopic (exact) mass is 231 g/mol. The van der Waals surface area contributed by atoms with Crippen LogP contribution in [0.1, 0.15) is 46.6 Å². The molecule has 0 spiro atoms. The van der Waals surface area contributed by atoms with Gasteiger partial charge in [0.2, 0.25) is 0 Å². The van der Waals surface area contributed by atoms with Crippen LogP contribution in [0.2, 0.25) is 0 Å². The van der Waals surface area contributed by atoms with Gasteiger partial charge in [0.15, 0.2) is 0 Å². The quantitative estimate of drug-likeness (QED) is 0.786. The van der Waals surface area contributed by atoms with Gasteiger partial charge in [0.1, 0.15) is 11.4 Å². The van der Waals surface area contributed by atoms with E-state index in [0.29, 0.717) is 6.42 Å². The molecule has 0 saturated heterocycles. The zero-order valence-corrected chi connectivity index (χ0v) is 11.4. The molecule has 0 unspecified atom stereocenters. The molecule has 0 aromatic heterocycles. The highest BCUT2D eigenvalue weighted by molar-refractivity contribution is 5.33. The number of rotatable bonds is 3. The van der Waals surface area contributed by atoms with E-state index in [2.05, 4.69) is 39.0 Å². The summed E-state index contributed by atoms with van der Waals surface area (Å²) in [6, 6.07) is 10.2. The fourth-order valence-corrected chi connectivity index (χ4v) is 1.57. The first kappa shape index (κ1) is 13.6. The summed E-state index contributed by atoms with van der Waals surface area (Å²) in [4.78, 5) is 0. The summed E-state index contributed by atoms with van der Waals surface area (Å²) in [7, 11) is 0. The molecule has 1 aromatic carbocycles. The van der Waals surface area contributed by atoms with Crippen LogP contribution in [0.25, 0.3) is 0 Å². The summed E-state index contributed by atoms with van der Waals surface area (Å²) >= 11 is 0. The SMILES string of the molecule is CC(C)(CC#N)Oc1cccc(C(C)(C)C)c1. The second-order valence-electron chi connectivity index (χ2n) is 5.97. The van der Waals surface area contributed by atoms with Crippen molar-refractivity contribution in [2.24, 2.45) is 0 Å². The van der Waals surface area contributed by atoms with Crippen LogP contribution in [0.15, 0.2) is 24.3 Å². The molecular formula is C15H21NO. The molecule has 1 rings (SSSR count). The van der Waals surface area contributed by atoms with Crippen LogP contribution >= 0.6 is 0 Å². The molecule has 0 fully saturated rings. The smallest absolute Gasteiger partial charge is 0.120 e. The zero-order valence-electron chi connectivity index (χ0n) is 11.4. The van der Waals surface area contributed by atoms with Gasteiger partial charge in [0, 0.05) is 0 Å². The second-order valence-corrected chi connectivity index (χ2v) is 5.97. The Bertz CT molecular complexity index is 421. The van der Waals surface area contributed by atoms with E-state index in [0.717, 1.165) is 5.75 Å². The Labute approximate surface area is 104 Å². The Morgan fingerprint density at radius 1 is 1.18 bits per heavy atom. The molecule has 92 valence electrons. The lowest BCUT2D eigenvalue weighted by atomic mass is 9.87. The maximum atomic E-state index is 8.73. The molecule has 0 bridgehead atoms. The molecular weight excluding hydrogens is 210 g/mol. The van der Waals surface area contributed by atoms with Crippen molar-refractivity contribution in [3.05, 3.63) is 29.8 Å². The molecule has 0 atom stereocenters. The third-order valence-corrected chi connectivity index (χ3v) is 2.60. The van der Waals surface area contributed by atoms with Gasteiger partial charge in [-0.1, -0.05) is 32.9 Å². The van der Waals surface area contributed by atoms with Gasteiger partial charge in [-0.25, -0.2) is 0 Å². The van der Waals surface area contributed by atoms with E-state index in [1.54, 1.807) is 0 Å². The molecule has 0 amide bonds. The largest absolute Gasteiger partial charge is 0.487 e. The number of benzene rings is 1. The highest BCUT2D eigenvalue weighted by atomic mass is 16.5. The van der Waals surface area contributed by atoms with Gasteiger partial charge < -0.3 is 4.74 Å². The summed E-state index contributed by atoms with van der Waals surface area (Å²) in [6.45, 7) is 10.4. The zero-order chi connectivity index (χ0) is 13.1. The normalized spacial score (nSPS) is 12.0. The van der Waals surface area contributed by atoms with E-state index in [-0.39, 0.29) is 5.41 Å². The highest BCUT2D eigenvalue weighted by Crippen LogP contribution is 2.28. The van der Waals surface area contributed by atoms with E-state index < -0.39 is 5.60 Å². The summed E-state index contributed by atoms with van der Waals surface area (Å²) < 4.78 is 5.86. The Morgan fingerprint density at radius 3 is 2.35 bits per heavy atom. The molecule has 17 heavy (non-hydrogen) atoms. The van der Waals surface area contributed by atoms with Crippen molar-refractivity contribution in [3.63, 3.8) is 0 Å². The molecule has 0 saturated carbocycles. The summed E-state index contributed by atoms with van der Waals surface area (Å²) in [5.74, 6) is 0.831. The lowest BCUT2D eigenvalue weighted by Gasteiger charge is -2.25. The molecule has 2 nitrogen and oxygen atoms in total. The van der Waals surface area contributed by atoms with E-state index in [1.807, 2.05) is 26.0 Å². The van der Waals surface area contributed by atoms with Crippen LogP contribution in [0, 0.1) is 11.3 Å². The first-order chi connectivity index (χ1) is 7.74. The van der Waals surface area contributed by atoms with E-state index >= 15 is 0 Å². The minimum absolute atomic E-state index is 0.110. The van der Waals surface area contributed by atoms with Gasteiger partial charge in [0.25, 0.3) is 0 Å². The maximum absolute atomic E-state index is 8.73. The minimum atomic E-state index is -0.439. The van der Waals surface area contributed by atoms with Crippen LogP contribution in [0.4, 0.5) is 0 Å². The van der Waals surface area contributed by atoms with Crippen molar-refractivity contribution in [1.29, 1.82) is 5.26 Å². The van der Waals surface area contributed by atoms with Gasteiger partial charge in [0.05, 0.1) is 12.5 Å². The van der Waals surface area contributed by atoms with Crippen molar-refractivity contribution < 1.29 is 4.74 Å². The Hall–Kier alpha value is -1.49. The first-order valence-electron chi connectivity index (χ1n) is 5.91.